The summed E-state index contributed by atoms with van der Waals surface area (Å²) in [6.07, 6.45) is 3.07. The number of fused-ring (bicyclic) bond motifs is 1. The number of hydrogen-bond donors (Lipinski definition) is 1. The summed E-state index contributed by atoms with van der Waals surface area (Å²) in [6.45, 7) is 1.71. The van der Waals surface area contributed by atoms with Crippen molar-refractivity contribution in [3.63, 3.8) is 0 Å². The number of nitrogens with zero attached hydrogens (tertiary/aromatic N) is 1. The lowest BCUT2D eigenvalue weighted by molar-refractivity contribution is -0.156. The Balaban J connectivity index is 2.25. The lowest BCUT2D eigenvalue weighted by atomic mass is 9.96. The van der Waals surface area contributed by atoms with Crippen LogP contribution >= 0.6 is 11.8 Å². The standard InChI is InChI=1S/C11H13NO5S/c1-11(4-3-8(14)17-2)9(10(15)16)12-6(13)5-7(12)18-11/h3-4,7,9H,5H2,1-2H3,(H,15,16)/b4-3+/t7-,9+,11+/m1/s1. The van der Waals surface area contributed by atoms with E-state index in [1.165, 1.54) is 35.9 Å². The second-order valence-electron chi connectivity index (χ2n) is 4.36. The second-order valence-corrected chi connectivity index (χ2v) is 6.02. The van der Waals surface area contributed by atoms with Gasteiger partial charge in [-0.25, -0.2) is 9.59 Å². The molecule has 2 saturated heterocycles. The summed E-state index contributed by atoms with van der Waals surface area (Å²) >= 11 is 1.39. The van der Waals surface area contributed by atoms with Crippen LogP contribution in [0.2, 0.25) is 0 Å². The fourth-order valence-corrected chi connectivity index (χ4v) is 3.89. The molecule has 1 amide bonds. The maximum atomic E-state index is 11.4. The molecule has 6 nitrogen and oxygen atoms in total. The van der Waals surface area contributed by atoms with E-state index < -0.39 is 22.7 Å². The Labute approximate surface area is 108 Å². The van der Waals surface area contributed by atoms with E-state index in [0.29, 0.717) is 6.42 Å². The zero-order chi connectivity index (χ0) is 13.5. The molecule has 2 heterocycles. The Hall–Kier alpha value is -1.50. The van der Waals surface area contributed by atoms with Crippen LogP contribution in [0.25, 0.3) is 0 Å². The van der Waals surface area contributed by atoms with Crippen LogP contribution in [0.4, 0.5) is 0 Å². The average molecular weight is 271 g/mol. The molecule has 18 heavy (non-hydrogen) atoms. The summed E-state index contributed by atoms with van der Waals surface area (Å²) in [7, 11) is 1.25. The quantitative estimate of drug-likeness (QED) is 0.449. The Bertz CT molecular complexity index is 449. The summed E-state index contributed by atoms with van der Waals surface area (Å²) < 4.78 is 3.67. The number of esters is 1. The third-order valence-corrected chi connectivity index (χ3v) is 4.68. The molecular formula is C11H13NO5S. The monoisotopic (exact) mass is 271 g/mol. The predicted octanol–water partition coefficient (Wildman–Crippen LogP) is 0.233. The SMILES string of the molecule is COC(=O)/C=C/[C@]1(C)S[C@@H]2CC(=O)N2[C@H]1C(=O)O. The van der Waals surface area contributed by atoms with E-state index in [2.05, 4.69) is 4.74 Å². The van der Waals surface area contributed by atoms with Crippen molar-refractivity contribution in [3.05, 3.63) is 12.2 Å². The Morgan fingerprint density at radius 1 is 1.61 bits per heavy atom. The molecule has 0 aromatic heterocycles. The van der Waals surface area contributed by atoms with Crippen LogP contribution in [0.15, 0.2) is 12.2 Å². The number of ether oxygens (including phenoxy) is 1. The highest BCUT2D eigenvalue weighted by Gasteiger charge is 2.59. The summed E-state index contributed by atoms with van der Waals surface area (Å²) in [4.78, 5) is 35.2. The Kier molecular flexibility index (Phi) is 3.10. The number of hydrogen-bond acceptors (Lipinski definition) is 5. The molecule has 0 saturated carbocycles. The van der Waals surface area contributed by atoms with E-state index in [0.717, 1.165) is 0 Å². The molecule has 2 rings (SSSR count). The molecule has 98 valence electrons. The second kappa shape index (κ2) is 4.31. The van der Waals surface area contributed by atoms with Gasteiger partial charge in [-0.3, -0.25) is 4.79 Å². The van der Waals surface area contributed by atoms with Crippen molar-refractivity contribution >= 4 is 29.6 Å². The van der Waals surface area contributed by atoms with Gasteiger partial charge in [0, 0.05) is 6.08 Å². The van der Waals surface area contributed by atoms with Crippen LogP contribution in [-0.4, -0.2) is 51.1 Å². The van der Waals surface area contributed by atoms with Gasteiger partial charge in [0.1, 0.15) is 6.04 Å². The predicted molar refractivity (Wildman–Crippen MR) is 63.8 cm³/mol. The van der Waals surface area contributed by atoms with Crippen molar-refractivity contribution in [2.24, 2.45) is 0 Å². The third-order valence-electron chi connectivity index (χ3n) is 3.14. The number of methoxy groups -OCH3 is 1. The number of carboxylic acids is 1. The summed E-state index contributed by atoms with van der Waals surface area (Å²) in [6, 6.07) is -0.936. The third kappa shape index (κ3) is 1.88. The number of aliphatic carboxylic acids is 1. The van der Waals surface area contributed by atoms with Crippen LogP contribution in [0.5, 0.6) is 0 Å². The zero-order valence-corrected chi connectivity index (χ0v) is 10.8. The van der Waals surface area contributed by atoms with Crippen molar-refractivity contribution in [2.75, 3.05) is 7.11 Å². The van der Waals surface area contributed by atoms with Crippen LogP contribution in [0.3, 0.4) is 0 Å². The number of carboxylic acid groups (broad SMARTS) is 1. The van der Waals surface area contributed by atoms with Crippen molar-refractivity contribution in [1.29, 1.82) is 0 Å². The number of amides is 1. The minimum absolute atomic E-state index is 0.106. The maximum Gasteiger partial charge on any atom is 0.330 e. The fourth-order valence-electron chi connectivity index (χ4n) is 2.24. The maximum absolute atomic E-state index is 11.4. The minimum Gasteiger partial charge on any atom is -0.480 e. The number of carbonyl (C=O) groups is 3. The lowest BCUT2D eigenvalue weighted by Gasteiger charge is -2.36. The molecule has 0 unspecified atom stereocenters. The largest absolute Gasteiger partial charge is 0.480 e. The molecule has 0 radical (unpaired) electrons. The molecule has 0 spiro atoms. The molecule has 0 bridgehead atoms. The van der Waals surface area contributed by atoms with Gasteiger partial charge in [-0.2, -0.15) is 0 Å². The van der Waals surface area contributed by atoms with Gasteiger partial charge in [-0.05, 0) is 6.92 Å². The minimum atomic E-state index is -1.06. The molecule has 2 fully saturated rings. The van der Waals surface area contributed by atoms with Gasteiger partial charge in [-0.15, -0.1) is 11.8 Å². The van der Waals surface area contributed by atoms with Gasteiger partial charge < -0.3 is 14.7 Å². The molecule has 0 aromatic carbocycles. The fraction of sp³-hybridized carbons (Fsp3) is 0.545. The number of β-lactam (4-membered cyclic amide) rings is 1. The van der Waals surface area contributed by atoms with E-state index in [4.69, 9.17) is 0 Å². The van der Waals surface area contributed by atoms with E-state index in [1.54, 1.807) is 6.92 Å². The zero-order valence-electron chi connectivity index (χ0n) is 9.95. The molecule has 2 aliphatic rings. The highest BCUT2D eigenvalue weighted by atomic mass is 32.2. The highest BCUT2D eigenvalue weighted by molar-refractivity contribution is 8.01. The summed E-state index contributed by atoms with van der Waals surface area (Å²) in [5.74, 6) is -1.76. The van der Waals surface area contributed by atoms with Gasteiger partial charge in [0.05, 0.1) is 23.7 Å². The van der Waals surface area contributed by atoms with E-state index in [-0.39, 0.29) is 11.3 Å². The van der Waals surface area contributed by atoms with E-state index >= 15 is 0 Å². The first kappa shape index (κ1) is 12.9. The summed E-state index contributed by atoms with van der Waals surface area (Å²) in [5, 5.41) is 9.15. The van der Waals surface area contributed by atoms with E-state index in [9.17, 15) is 19.5 Å². The molecule has 1 N–H and O–H groups in total. The van der Waals surface area contributed by atoms with Gasteiger partial charge in [0.15, 0.2) is 0 Å². The topological polar surface area (TPSA) is 83.9 Å². The summed E-state index contributed by atoms with van der Waals surface area (Å²) in [5.41, 5.74) is 0. The van der Waals surface area contributed by atoms with Crippen molar-refractivity contribution in [3.8, 4) is 0 Å². The first-order valence-electron chi connectivity index (χ1n) is 5.38. The first-order valence-corrected chi connectivity index (χ1v) is 6.26. The van der Waals surface area contributed by atoms with Crippen molar-refractivity contribution in [2.45, 2.75) is 29.5 Å². The normalized spacial score (nSPS) is 34.3. The van der Waals surface area contributed by atoms with Crippen molar-refractivity contribution < 1.29 is 24.2 Å². The molecule has 0 aliphatic carbocycles. The van der Waals surface area contributed by atoms with Gasteiger partial charge in [-0.1, -0.05) is 6.08 Å². The lowest BCUT2D eigenvalue weighted by Crippen LogP contribution is -2.57. The molecule has 0 aromatic rings. The van der Waals surface area contributed by atoms with Gasteiger partial charge in [0.2, 0.25) is 5.91 Å². The van der Waals surface area contributed by atoms with Crippen LogP contribution < -0.4 is 0 Å². The first-order chi connectivity index (χ1) is 8.39. The van der Waals surface area contributed by atoms with Gasteiger partial charge in [0.25, 0.3) is 0 Å². The average Bonchev–Trinajstić information content (AvgIpc) is 2.55. The number of thioether (sulfide) groups is 1. The Morgan fingerprint density at radius 3 is 2.78 bits per heavy atom. The van der Waals surface area contributed by atoms with Crippen LogP contribution in [0.1, 0.15) is 13.3 Å². The molecular weight excluding hydrogens is 258 g/mol. The molecule has 2 aliphatic heterocycles. The highest BCUT2D eigenvalue weighted by Crippen LogP contribution is 2.51. The van der Waals surface area contributed by atoms with E-state index in [1.807, 2.05) is 0 Å². The smallest absolute Gasteiger partial charge is 0.330 e. The molecule has 3 atom stereocenters. The van der Waals surface area contributed by atoms with Gasteiger partial charge >= 0.3 is 11.9 Å². The molecule has 7 heteroatoms. The number of rotatable bonds is 3. The van der Waals surface area contributed by atoms with Crippen LogP contribution in [-0.2, 0) is 19.1 Å². The Morgan fingerprint density at radius 2 is 2.28 bits per heavy atom. The van der Waals surface area contributed by atoms with Crippen molar-refractivity contribution in [1.82, 2.24) is 4.90 Å². The van der Waals surface area contributed by atoms with Crippen LogP contribution in [0, 0.1) is 0 Å². The number of carbonyl (C=O) groups excluding carboxylic acids is 2.